The zero-order chi connectivity index (χ0) is 23.6. The van der Waals surface area contributed by atoms with Gasteiger partial charge in [-0.1, -0.05) is 43.2 Å². The Bertz CT molecular complexity index is 883. The summed E-state index contributed by atoms with van der Waals surface area (Å²) in [5.74, 6) is 2.36. The lowest BCUT2D eigenvalue weighted by molar-refractivity contribution is -0.137. The number of unbranched alkanes of at least 4 members (excludes halogenated alkanes) is 3. The largest absolute Gasteiger partial charge is 0.494 e. The summed E-state index contributed by atoms with van der Waals surface area (Å²) < 4.78 is 18.2. The summed E-state index contributed by atoms with van der Waals surface area (Å²) in [4.78, 5) is 10.6. The average molecular weight is 467 g/mol. The van der Waals surface area contributed by atoms with Crippen molar-refractivity contribution in [2.75, 3.05) is 13.2 Å². The first-order chi connectivity index (χ1) is 16.7. The van der Waals surface area contributed by atoms with E-state index in [-0.39, 0.29) is 6.42 Å². The summed E-state index contributed by atoms with van der Waals surface area (Å²) in [6.07, 6.45) is 10.4. The molecule has 0 aromatic heterocycles. The number of rotatable bonds is 15. The molecule has 0 unspecified atom stereocenters. The van der Waals surface area contributed by atoms with E-state index in [1.54, 1.807) is 0 Å². The average Bonchev–Trinajstić information content (AvgIpc) is 3.45. The smallest absolute Gasteiger partial charge is 0.303 e. The van der Waals surface area contributed by atoms with Gasteiger partial charge in [0.25, 0.3) is 0 Å². The second-order valence-corrected chi connectivity index (χ2v) is 9.66. The molecule has 2 saturated heterocycles. The van der Waals surface area contributed by atoms with Crippen molar-refractivity contribution >= 4 is 5.97 Å². The van der Waals surface area contributed by atoms with Crippen LogP contribution in [-0.4, -0.2) is 36.5 Å². The highest BCUT2D eigenvalue weighted by molar-refractivity contribution is 5.66. The molecule has 34 heavy (non-hydrogen) atoms. The van der Waals surface area contributed by atoms with Gasteiger partial charge in [-0.15, -0.1) is 0 Å². The lowest BCUT2D eigenvalue weighted by Gasteiger charge is -2.28. The Balaban J connectivity index is 1.19. The molecule has 0 amide bonds. The van der Waals surface area contributed by atoms with E-state index < -0.39 is 5.97 Å². The second kappa shape index (κ2) is 12.8. The topological polar surface area (TPSA) is 65.0 Å². The molecule has 184 valence electrons. The van der Waals surface area contributed by atoms with Gasteiger partial charge in [-0.2, -0.15) is 0 Å². The SMILES string of the molecule is O=C(O)CCCCCCOc1cccc(CC[C@H]2[C@@H](CCOc3ccccc3)[C@H]3CC[C@@H]2O3)c1. The number of hydrogen-bond donors (Lipinski definition) is 1. The quantitative estimate of drug-likeness (QED) is 0.312. The first-order valence-electron chi connectivity index (χ1n) is 13.0. The molecule has 5 nitrogen and oxygen atoms in total. The van der Waals surface area contributed by atoms with Gasteiger partial charge in [-0.05, 0) is 86.6 Å². The number of carbonyl (C=O) groups is 1. The highest BCUT2D eigenvalue weighted by Crippen LogP contribution is 2.47. The van der Waals surface area contributed by atoms with E-state index in [9.17, 15) is 4.79 Å². The van der Waals surface area contributed by atoms with Crippen LogP contribution in [0.4, 0.5) is 0 Å². The molecule has 0 saturated carbocycles. The maximum absolute atomic E-state index is 10.6. The molecule has 4 rings (SSSR count). The van der Waals surface area contributed by atoms with Crippen molar-refractivity contribution in [3.8, 4) is 11.5 Å². The van der Waals surface area contributed by atoms with Gasteiger partial charge in [0.1, 0.15) is 11.5 Å². The molecule has 0 aliphatic carbocycles. The third-order valence-electron chi connectivity index (χ3n) is 7.27. The molecule has 2 aliphatic heterocycles. The minimum absolute atomic E-state index is 0.261. The molecule has 2 aliphatic rings. The fourth-order valence-corrected chi connectivity index (χ4v) is 5.55. The van der Waals surface area contributed by atoms with Crippen LogP contribution < -0.4 is 9.47 Å². The first kappa shape index (κ1) is 24.6. The van der Waals surface area contributed by atoms with Crippen LogP contribution in [-0.2, 0) is 16.0 Å². The van der Waals surface area contributed by atoms with Crippen molar-refractivity contribution in [2.45, 2.75) is 76.4 Å². The molecule has 0 spiro atoms. The Labute approximate surface area is 203 Å². The number of fused-ring (bicyclic) bond motifs is 2. The fraction of sp³-hybridized carbons (Fsp3) is 0.552. The molecular formula is C29H38O5. The normalized spacial score (nSPS) is 23.2. The van der Waals surface area contributed by atoms with Gasteiger partial charge in [0.15, 0.2) is 0 Å². The van der Waals surface area contributed by atoms with Gasteiger partial charge in [0.2, 0.25) is 0 Å². The van der Waals surface area contributed by atoms with E-state index in [4.69, 9.17) is 19.3 Å². The summed E-state index contributed by atoms with van der Waals surface area (Å²) in [5.41, 5.74) is 1.32. The minimum atomic E-state index is -0.711. The van der Waals surface area contributed by atoms with E-state index in [1.807, 2.05) is 36.4 Å². The lowest BCUT2D eigenvalue weighted by atomic mass is 9.75. The van der Waals surface area contributed by atoms with Crippen LogP contribution in [0.2, 0.25) is 0 Å². The number of carboxylic acids is 1. The van der Waals surface area contributed by atoms with E-state index in [1.165, 1.54) is 18.4 Å². The molecule has 2 fully saturated rings. The molecule has 2 heterocycles. The standard InChI is InChI=1S/C29H38O5/c30-29(31)13-6-1-2-7-19-32-24-12-8-9-22(21-24)14-15-25-26(28-17-16-27(25)34-28)18-20-33-23-10-4-3-5-11-23/h3-5,8-12,21,25-28H,1-2,6-7,13-20H2,(H,30,31)/t25-,26+,27-,28+/m0/s1. The predicted molar refractivity (Wildman–Crippen MR) is 132 cm³/mol. The number of aliphatic carboxylic acids is 1. The Kier molecular flexibility index (Phi) is 9.26. The van der Waals surface area contributed by atoms with Gasteiger partial charge in [-0.3, -0.25) is 4.79 Å². The Morgan fingerprint density at radius 3 is 2.32 bits per heavy atom. The highest BCUT2D eigenvalue weighted by Gasteiger charge is 2.47. The van der Waals surface area contributed by atoms with Crippen molar-refractivity contribution in [3.63, 3.8) is 0 Å². The van der Waals surface area contributed by atoms with Crippen molar-refractivity contribution in [1.29, 1.82) is 0 Å². The highest BCUT2D eigenvalue weighted by atomic mass is 16.5. The van der Waals surface area contributed by atoms with E-state index in [0.717, 1.165) is 63.1 Å². The van der Waals surface area contributed by atoms with Gasteiger partial charge in [-0.25, -0.2) is 0 Å². The third kappa shape index (κ3) is 7.23. The summed E-state index contributed by atoms with van der Waals surface area (Å²) in [7, 11) is 0. The maximum Gasteiger partial charge on any atom is 0.303 e. The van der Waals surface area contributed by atoms with Crippen LogP contribution in [0, 0.1) is 11.8 Å². The minimum Gasteiger partial charge on any atom is -0.494 e. The fourth-order valence-electron chi connectivity index (χ4n) is 5.55. The van der Waals surface area contributed by atoms with Gasteiger partial charge in [0.05, 0.1) is 25.4 Å². The predicted octanol–water partition coefficient (Wildman–Crippen LogP) is 6.30. The van der Waals surface area contributed by atoms with Crippen molar-refractivity contribution < 1.29 is 24.1 Å². The van der Waals surface area contributed by atoms with Crippen LogP contribution in [0.5, 0.6) is 11.5 Å². The molecule has 4 atom stereocenters. The molecule has 2 aromatic rings. The van der Waals surface area contributed by atoms with Crippen LogP contribution in [0.15, 0.2) is 54.6 Å². The summed E-state index contributed by atoms with van der Waals surface area (Å²) in [6, 6.07) is 18.5. The number of carboxylic acid groups (broad SMARTS) is 1. The van der Waals surface area contributed by atoms with Gasteiger partial charge < -0.3 is 19.3 Å². The molecule has 2 bridgehead atoms. The second-order valence-electron chi connectivity index (χ2n) is 9.66. The van der Waals surface area contributed by atoms with Crippen molar-refractivity contribution in [3.05, 3.63) is 60.2 Å². The van der Waals surface area contributed by atoms with E-state index in [0.29, 0.717) is 30.7 Å². The molecule has 5 heteroatoms. The van der Waals surface area contributed by atoms with Crippen molar-refractivity contribution in [1.82, 2.24) is 0 Å². The van der Waals surface area contributed by atoms with Gasteiger partial charge >= 0.3 is 5.97 Å². The Hall–Kier alpha value is -2.53. The van der Waals surface area contributed by atoms with Gasteiger partial charge in [0, 0.05) is 6.42 Å². The first-order valence-corrected chi connectivity index (χ1v) is 13.0. The van der Waals surface area contributed by atoms with Crippen LogP contribution in [0.25, 0.3) is 0 Å². The number of hydrogen-bond acceptors (Lipinski definition) is 4. The molecule has 2 aromatic carbocycles. The number of aryl methyl sites for hydroxylation is 1. The molecule has 0 radical (unpaired) electrons. The maximum atomic E-state index is 10.6. The van der Waals surface area contributed by atoms with E-state index in [2.05, 4.69) is 18.2 Å². The Morgan fingerprint density at radius 1 is 0.824 bits per heavy atom. The lowest BCUT2D eigenvalue weighted by Crippen LogP contribution is -2.29. The monoisotopic (exact) mass is 466 g/mol. The summed E-state index contributed by atoms with van der Waals surface area (Å²) in [5, 5.41) is 8.69. The number of benzene rings is 2. The number of ether oxygens (including phenoxy) is 3. The summed E-state index contributed by atoms with van der Waals surface area (Å²) >= 11 is 0. The molecule has 1 N–H and O–H groups in total. The number of para-hydroxylation sites is 1. The van der Waals surface area contributed by atoms with Crippen LogP contribution in [0.1, 0.15) is 63.4 Å². The molecular weight excluding hydrogens is 428 g/mol. The Morgan fingerprint density at radius 2 is 1.53 bits per heavy atom. The zero-order valence-corrected chi connectivity index (χ0v) is 20.1. The van der Waals surface area contributed by atoms with Crippen LogP contribution in [0.3, 0.4) is 0 Å². The van der Waals surface area contributed by atoms with E-state index >= 15 is 0 Å². The third-order valence-corrected chi connectivity index (χ3v) is 7.27. The van der Waals surface area contributed by atoms with Crippen molar-refractivity contribution in [2.24, 2.45) is 11.8 Å². The summed E-state index contributed by atoms with van der Waals surface area (Å²) in [6.45, 7) is 1.43. The zero-order valence-electron chi connectivity index (χ0n) is 20.1. The van der Waals surface area contributed by atoms with Crippen LogP contribution >= 0.6 is 0 Å².